The molecule has 130 valence electrons. The lowest BCUT2D eigenvalue weighted by molar-refractivity contribution is -0.134. The molecular weight excluding hydrogens is 324 g/mol. The summed E-state index contributed by atoms with van der Waals surface area (Å²) in [5.74, 6) is -0.163. The maximum Gasteiger partial charge on any atom is 0.244 e. The summed E-state index contributed by atoms with van der Waals surface area (Å²) in [5.41, 5.74) is 0.238. The first kappa shape index (κ1) is 19.7. The van der Waals surface area contributed by atoms with Crippen molar-refractivity contribution in [2.45, 2.75) is 50.7 Å². The van der Waals surface area contributed by atoms with Crippen LogP contribution >= 0.6 is 12.4 Å². The third kappa shape index (κ3) is 3.95. The first-order valence-corrected chi connectivity index (χ1v) is 9.77. The van der Waals surface area contributed by atoms with Crippen molar-refractivity contribution in [3.8, 4) is 0 Å². The largest absolute Gasteiger partial charge is 0.341 e. The monoisotopic (exact) mass is 352 g/mol. The molecule has 0 aromatic carbocycles. The number of amides is 1. The van der Waals surface area contributed by atoms with Crippen LogP contribution in [0, 0.1) is 5.41 Å². The molecule has 2 aliphatic rings. The minimum absolute atomic E-state index is 0. The lowest BCUT2D eigenvalue weighted by Crippen LogP contribution is -2.58. The van der Waals surface area contributed by atoms with Gasteiger partial charge >= 0.3 is 0 Å². The first-order valence-electron chi connectivity index (χ1n) is 7.88. The maximum absolute atomic E-state index is 13.0. The van der Waals surface area contributed by atoms with Gasteiger partial charge in [0.05, 0.1) is 0 Å². The summed E-state index contributed by atoms with van der Waals surface area (Å²) in [6.07, 6.45) is 4.99. The summed E-state index contributed by atoms with van der Waals surface area (Å²) in [4.78, 5) is 14.8. The van der Waals surface area contributed by atoms with Crippen molar-refractivity contribution in [1.29, 1.82) is 0 Å². The zero-order chi connectivity index (χ0) is 15.7. The van der Waals surface area contributed by atoms with Gasteiger partial charge in [-0.25, -0.2) is 8.42 Å². The number of hydrogen-bond acceptors (Lipinski definition) is 4. The average molecular weight is 353 g/mol. The fourth-order valence-corrected chi connectivity index (χ4v) is 4.88. The van der Waals surface area contributed by atoms with E-state index in [-0.39, 0.29) is 23.7 Å². The zero-order valence-corrected chi connectivity index (χ0v) is 15.5. The molecule has 2 saturated heterocycles. The second-order valence-corrected chi connectivity index (χ2v) is 9.65. The van der Waals surface area contributed by atoms with Crippen molar-refractivity contribution >= 4 is 28.2 Å². The van der Waals surface area contributed by atoms with Crippen LogP contribution < -0.4 is 5.32 Å². The summed E-state index contributed by atoms with van der Waals surface area (Å²) in [7, 11) is -3.41. The van der Waals surface area contributed by atoms with E-state index in [0.29, 0.717) is 39.0 Å². The molecule has 2 aliphatic heterocycles. The summed E-state index contributed by atoms with van der Waals surface area (Å²) in [5, 5.41) is 3.16. The minimum atomic E-state index is -3.41. The molecule has 0 aromatic rings. The molecule has 0 aliphatic carbocycles. The summed E-state index contributed by atoms with van der Waals surface area (Å²) in [6, 6.07) is 0. The Hall–Kier alpha value is -0.330. The second-order valence-electron chi connectivity index (χ2n) is 7.33. The van der Waals surface area contributed by atoms with E-state index in [1.165, 1.54) is 6.26 Å². The Morgan fingerprint density at radius 2 is 1.64 bits per heavy atom. The van der Waals surface area contributed by atoms with Gasteiger partial charge in [0.1, 0.15) is 0 Å². The Labute approximate surface area is 140 Å². The van der Waals surface area contributed by atoms with Gasteiger partial charge in [-0.05, 0) is 50.6 Å². The molecule has 1 N–H and O–H groups in total. The van der Waals surface area contributed by atoms with E-state index < -0.39 is 14.6 Å². The quantitative estimate of drug-likeness (QED) is 0.820. The van der Waals surface area contributed by atoms with E-state index in [0.717, 1.165) is 19.3 Å². The molecule has 2 fully saturated rings. The molecule has 0 saturated carbocycles. The SMILES string of the molecule is CC1(C)CCCN(C(=O)C2(S(C)(=O)=O)CCNCC2)CC1.Cl. The highest BCUT2D eigenvalue weighted by Crippen LogP contribution is 2.34. The first-order chi connectivity index (χ1) is 9.68. The fourth-order valence-electron chi connectivity index (χ4n) is 3.49. The molecule has 22 heavy (non-hydrogen) atoms. The Morgan fingerprint density at radius 1 is 1.05 bits per heavy atom. The molecule has 2 heterocycles. The van der Waals surface area contributed by atoms with Crippen molar-refractivity contribution in [3.63, 3.8) is 0 Å². The Kier molecular flexibility index (Phi) is 6.32. The fraction of sp³-hybridized carbons (Fsp3) is 0.933. The van der Waals surface area contributed by atoms with Crippen LogP contribution in [0.15, 0.2) is 0 Å². The lowest BCUT2D eigenvalue weighted by Gasteiger charge is -2.38. The van der Waals surface area contributed by atoms with E-state index >= 15 is 0 Å². The van der Waals surface area contributed by atoms with Crippen LogP contribution in [0.25, 0.3) is 0 Å². The van der Waals surface area contributed by atoms with Gasteiger partial charge in [0.15, 0.2) is 14.6 Å². The van der Waals surface area contributed by atoms with Gasteiger partial charge in [-0.2, -0.15) is 0 Å². The number of carbonyl (C=O) groups excluding carboxylic acids is 1. The standard InChI is InChI=1S/C15H28N2O3S.ClH/c1-14(2)5-4-11-17(12-8-14)13(18)15(21(3,19)20)6-9-16-10-7-15;/h16H,4-12H2,1-3H3;1H. The molecule has 5 nitrogen and oxygen atoms in total. The number of likely N-dealkylation sites (tertiary alicyclic amines) is 1. The van der Waals surface area contributed by atoms with Crippen molar-refractivity contribution < 1.29 is 13.2 Å². The Bertz CT molecular complexity index is 499. The summed E-state index contributed by atoms with van der Waals surface area (Å²) < 4.78 is 23.5. The summed E-state index contributed by atoms with van der Waals surface area (Å²) in [6.45, 7) is 7.00. The number of carbonyl (C=O) groups is 1. The molecule has 0 radical (unpaired) electrons. The minimum Gasteiger partial charge on any atom is -0.341 e. The third-order valence-electron chi connectivity index (χ3n) is 5.14. The van der Waals surface area contributed by atoms with Crippen LogP contribution in [0.2, 0.25) is 0 Å². The van der Waals surface area contributed by atoms with Crippen LogP contribution in [0.1, 0.15) is 46.0 Å². The van der Waals surface area contributed by atoms with Crippen LogP contribution in [-0.2, 0) is 14.6 Å². The average Bonchev–Trinajstić information content (AvgIpc) is 2.58. The van der Waals surface area contributed by atoms with Crippen molar-refractivity contribution in [2.75, 3.05) is 32.4 Å². The number of rotatable bonds is 2. The number of halogens is 1. The van der Waals surface area contributed by atoms with E-state index in [2.05, 4.69) is 19.2 Å². The molecule has 0 unspecified atom stereocenters. The normalized spacial score (nSPS) is 25.0. The Balaban J connectivity index is 0.00000242. The predicted octanol–water partition coefficient (Wildman–Crippen LogP) is 1.61. The summed E-state index contributed by atoms with van der Waals surface area (Å²) >= 11 is 0. The van der Waals surface area contributed by atoms with Crippen molar-refractivity contribution in [1.82, 2.24) is 10.2 Å². The van der Waals surface area contributed by atoms with Crippen molar-refractivity contribution in [2.24, 2.45) is 5.41 Å². The topological polar surface area (TPSA) is 66.5 Å². The van der Waals surface area contributed by atoms with Gasteiger partial charge in [-0.1, -0.05) is 13.8 Å². The van der Waals surface area contributed by atoms with Crippen LogP contribution in [0.4, 0.5) is 0 Å². The predicted molar refractivity (Wildman–Crippen MR) is 91.1 cm³/mol. The van der Waals surface area contributed by atoms with Gasteiger partial charge < -0.3 is 10.2 Å². The maximum atomic E-state index is 13.0. The third-order valence-corrected chi connectivity index (χ3v) is 7.14. The van der Waals surface area contributed by atoms with Crippen LogP contribution in [0.3, 0.4) is 0 Å². The van der Waals surface area contributed by atoms with Crippen molar-refractivity contribution in [3.05, 3.63) is 0 Å². The highest BCUT2D eigenvalue weighted by atomic mass is 35.5. The number of nitrogens with one attached hydrogen (secondary N) is 1. The number of piperidine rings is 1. The molecular formula is C15H29ClN2O3S. The molecule has 0 bridgehead atoms. The smallest absolute Gasteiger partial charge is 0.244 e. The number of sulfone groups is 1. The van der Waals surface area contributed by atoms with E-state index in [4.69, 9.17) is 0 Å². The highest BCUT2D eigenvalue weighted by Gasteiger charge is 2.50. The number of nitrogens with zero attached hydrogens (tertiary/aromatic N) is 1. The lowest BCUT2D eigenvalue weighted by atomic mass is 9.85. The zero-order valence-electron chi connectivity index (χ0n) is 13.9. The highest BCUT2D eigenvalue weighted by molar-refractivity contribution is 7.92. The second kappa shape index (κ2) is 7.05. The molecule has 0 aromatic heterocycles. The Morgan fingerprint density at radius 3 is 2.18 bits per heavy atom. The van der Waals surface area contributed by atoms with Crippen LogP contribution in [-0.4, -0.2) is 56.4 Å². The van der Waals surface area contributed by atoms with Gasteiger partial charge in [-0.3, -0.25) is 4.79 Å². The molecule has 0 atom stereocenters. The van der Waals surface area contributed by atoms with E-state index in [1.54, 1.807) is 4.90 Å². The van der Waals surface area contributed by atoms with Crippen LogP contribution in [0.5, 0.6) is 0 Å². The van der Waals surface area contributed by atoms with Gasteiger partial charge in [0.2, 0.25) is 5.91 Å². The molecule has 7 heteroatoms. The molecule has 2 rings (SSSR count). The van der Waals surface area contributed by atoms with Gasteiger partial charge in [0, 0.05) is 19.3 Å². The number of hydrogen-bond donors (Lipinski definition) is 1. The molecule has 1 amide bonds. The van der Waals surface area contributed by atoms with Gasteiger partial charge in [-0.15, -0.1) is 12.4 Å². The van der Waals surface area contributed by atoms with E-state index in [1.807, 2.05) is 0 Å². The van der Waals surface area contributed by atoms with E-state index in [9.17, 15) is 13.2 Å². The molecule has 0 spiro atoms. The van der Waals surface area contributed by atoms with Gasteiger partial charge in [0.25, 0.3) is 0 Å².